The molecule has 0 spiro atoms. The predicted octanol–water partition coefficient (Wildman–Crippen LogP) is 2.61. The average molecular weight is 318 g/mol. The minimum Gasteiger partial charge on any atom is -0.481 e. The lowest BCUT2D eigenvalue weighted by molar-refractivity contribution is -0.147. The molecule has 1 aliphatic carbocycles. The number of rotatable bonds is 3. The fourth-order valence-corrected chi connectivity index (χ4v) is 2.81. The van der Waals surface area contributed by atoms with Crippen molar-refractivity contribution in [2.75, 3.05) is 5.32 Å². The second-order valence-corrected chi connectivity index (χ2v) is 5.37. The van der Waals surface area contributed by atoms with E-state index < -0.39 is 23.7 Å². The molecule has 1 aliphatic rings. The first kappa shape index (κ1) is 15.0. The second kappa shape index (κ2) is 6.37. The lowest BCUT2D eigenvalue weighted by Crippen LogP contribution is -2.36. The molecule has 0 radical (unpaired) electrons. The molecule has 1 aromatic rings. The van der Waals surface area contributed by atoms with Crippen LogP contribution in [0.1, 0.15) is 25.7 Å². The van der Waals surface area contributed by atoms with Gasteiger partial charge in [-0.3, -0.25) is 9.59 Å². The van der Waals surface area contributed by atoms with Gasteiger partial charge in [0, 0.05) is 0 Å². The third-order valence-electron chi connectivity index (χ3n) is 3.42. The van der Waals surface area contributed by atoms with E-state index in [1.165, 1.54) is 6.33 Å². The summed E-state index contributed by atoms with van der Waals surface area (Å²) in [6, 6.07) is 0. The van der Waals surface area contributed by atoms with E-state index in [1.807, 2.05) is 0 Å². The number of carbonyl (C=O) groups is 2. The highest BCUT2D eigenvalue weighted by Crippen LogP contribution is 2.33. The fourth-order valence-electron chi connectivity index (χ4n) is 2.40. The van der Waals surface area contributed by atoms with Crippen LogP contribution in [0, 0.1) is 11.8 Å². The third kappa shape index (κ3) is 3.19. The molecule has 1 amide bonds. The monoisotopic (exact) mass is 317 g/mol. The lowest BCUT2D eigenvalue weighted by atomic mass is 9.78. The first-order valence-electron chi connectivity index (χ1n) is 6.20. The van der Waals surface area contributed by atoms with Crippen LogP contribution in [0.25, 0.3) is 0 Å². The molecule has 20 heavy (non-hydrogen) atoms. The normalized spacial score (nSPS) is 22.3. The van der Waals surface area contributed by atoms with E-state index in [2.05, 4.69) is 15.3 Å². The first-order chi connectivity index (χ1) is 9.50. The Labute approximate surface area is 125 Å². The van der Waals surface area contributed by atoms with Crippen molar-refractivity contribution in [3.63, 3.8) is 0 Å². The molecule has 0 bridgehead atoms. The fraction of sp³-hybridized carbons (Fsp3) is 0.500. The van der Waals surface area contributed by atoms with E-state index >= 15 is 0 Å². The van der Waals surface area contributed by atoms with Gasteiger partial charge in [0.05, 0.1) is 11.8 Å². The van der Waals surface area contributed by atoms with Gasteiger partial charge in [0.1, 0.15) is 12.0 Å². The molecule has 2 rings (SSSR count). The standard InChI is InChI=1S/C12H13Cl2N3O3/c13-9-8(10(14)16-5-15-9)17-11(18)6-3-1-2-4-7(6)12(19)20/h5-7H,1-4H2,(H,17,18)(H,19,20)/t6-,7+/m1/s1. The van der Waals surface area contributed by atoms with Gasteiger partial charge < -0.3 is 10.4 Å². The van der Waals surface area contributed by atoms with Gasteiger partial charge in [-0.2, -0.15) is 0 Å². The van der Waals surface area contributed by atoms with Crippen molar-refractivity contribution < 1.29 is 14.7 Å². The molecule has 0 saturated heterocycles. The minimum absolute atomic E-state index is 0.0287. The van der Waals surface area contributed by atoms with Crippen LogP contribution < -0.4 is 5.32 Å². The number of nitrogens with zero attached hydrogens (tertiary/aromatic N) is 2. The summed E-state index contributed by atoms with van der Waals surface area (Å²) in [6.07, 6.45) is 3.86. The maximum Gasteiger partial charge on any atom is 0.307 e. The number of hydrogen-bond donors (Lipinski definition) is 2. The van der Waals surface area contributed by atoms with Crippen LogP contribution in [0.15, 0.2) is 6.33 Å². The van der Waals surface area contributed by atoms with Crippen LogP contribution >= 0.6 is 23.2 Å². The van der Waals surface area contributed by atoms with Crippen LogP contribution in [0.5, 0.6) is 0 Å². The van der Waals surface area contributed by atoms with Gasteiger partial charge in [-0.15, -0.1) is 0 Å². The molecule has 0 unspecified atom stereocenters. The molecule has 1 heterocycles. The first-order valence-corrected chi connectivity index (χ1v) is 6.96. The number of aliphatic carboxylic acids is 1. The van der Waals surface area contributed by atoms with Gasteiger partial charge in [0.15, 0.2) is 10.3 Å². The van der Waals surface area contributed by atoms with Gasteiger partial charge in [0.2, 0.25) is 5.91 Å². The molecule has 2 atom stereocenters. The third-order valence-corrected chi connectivity index (χ3v) is 4.00. The highest BCUT2D eigenvalue weighted by atomic mass is 35.5. The molecular formula is C12H13Cl2N3O3. The number of nitrogens with one attached hydrogen (secondary N) is 1. The lowest BCUT2D eigenvalue weighted by Gasteiger charge is -2.27. The molecule has 8 heteroatoms. The predicted molar refractivity (Wildman–Crippen MR) is 73.8 cm³/mol. The van der Waals surface area contributed by atoms with Gasteiger partial charge in [-0.1, -0.05) is 36.0 Å². The highest BCUT2D eigenvalue weighted by Gasteiger charge is 2.36. The maximum atomic E-state index is 12.2. The van der Waals surface area contributed by atoms with Crippen molar-refractivity contribution in [1.82, 2.24) is 9.97 Å². The Morgan fingerprint density at radius 3 is 2.25 bits per heavy atom. The summed E-state index contributed by atoms with van der Waals surface area (Å²) in [7, 11) is 0. The molecule has 1 fully saturated rings. The van der Waals surface area contributed by atoms with Gasteiger partial charge >= 0.3 is 5.97 Å². The molecule has 1 saturated carbocycles. The summed E-state index contributed by atoms with van der Waals surface area (Å²) < 4.78 is 0. The number of carboxylic acid groups (broad SMARTS) is 1. The Balaban J connectivity index is 2.16. The molecule has 0 aliphatic heterocycles. The number of amides is 1. The van der Waals surface area contributed by atoms with Crippen molar-refractivity contribution in [2.24, 2.45) is 11.8 Å². The summed E-state index contributed by atoms with van der Waals surface area (Å²) in [4.78, 5) is 30.9. The zero-order chi connectivity index (χ0) is 14.7. The Bertz CT molecular complexity index is 518. The maximum absolute atomic E-state index is 12.2. The van der Waals surface area contributed by atoms with Crippen LogP contribution in [-0.4, -0.2) is 27.0 Å². The Morgan fingerprint density at radius 1 is 1.15 bits per heavy atom. The van der Waals surface area contributed by atoms with Crippen LogP contribution in [0.4, 0.5) is 5.69 Å². The molecule has 2 N–H and O–H groups in total. The van der Waals surface area contributed by atoms with Crippen molar-refractivity contribution in [1.29, 1.82) is 0 Å². The van der Waals surface area contributed by atoms with E-state index in [0.29, 0.717) is 12.8 Å². The van der Waals surface area contributed by atoms with E-state index in [0.717, 1.165) is 12.8 Å². The zero-order valence-corrected chi connectivity index (χ0v) is 12.0. The Hall–Kier alpha value is -1.40. The summed E-state index contributed by atoms with van der Waals surface area (Å²) in [5.41, 5.74) is 0.121. The van der Waals surface area contributed by atoms with Crippen molar-refractivity contribution in [3.8, 4) is 0 Å². The summed E-state index contributed by atoms with van der Waals surface area (Å²) in [6.45, 7) is 0. The number of halogens is 2. The van der Waals surface area contributed by atoms with E-state index in [-0.39, 0.29) is 16.0 Å². The smallest absolute Gasteiger partial charge is 0.307 e. The van der Waals surface area contributed by atoms with Gasteiger partial charge in [-0.05, 0) is 12.8 Å². The topological polar surface area (TPSA) is 92.2 Å². The molecule has 6 nitrogen and oxygen atoms in total. The summed E-state index contributed by atoms with van der Waals surface area (Å²) >= 11 is 11.7. The van der Waals surface area contributed by atoms with Crippen LogP contribution in [0.3, 0.4) is 0 Å². The summed E-state index contributed by atoms with van der Waals surface area (Å²) in [5, 5.41) is 11.8. The highest BCUT2D eigenvalue weighted by molar-refractivity contribution is 6.38. The van der Waals surface area contributed by atoms with Gasteiger partial charge in [-0.25, -0.2) is 9.97 Å². The number of aromatic nitrogens is 2. The van der Waals surface area contributed by atoms with Crippen LogP contribution in [-0.2, 0) is 9.59 Å². The Kier molecular flexibility index (Phi) is 4.77. The number of hydrogen-bond acceptors (Lipinski definition) is 4. The van der Waals surface area contributed by atoms with Crippen molar-refractivity contribution >= 4 is 40.8 Å². The largest absolute Gasteiger partial charge is 0.481 e. The number of anilines is 1. The quantitative estimate of drug-likeness (QED) is 0.836. The molecule has 108 valence electrons. The number of carbonyl (C=O) groups excluding carboxylic acids is 1. The van der Waals surface area contributed by atoms with E-state index in [9.17, 15) is 14.7 Å². The van der Waals surface area contributed by atoms with Gasteiger partial charge in [0.25, 0.3) is 0 Å². The van der Waals surface area contributed by atoms with Crippen molar-refractivity contribution in [3.05, 3.63) is 16.6 Å². The average Bonchev–Trinajstić information content (AvgIpc) is 2.43. The number of carboxylic acids is 1. The summed E-state index contributed by atoms with van der Waals surface area (Å²) in [5.74, 6) is -2.62. The second-order valence-electron chi connectivity index (χ2n) is 4.66. The van der Waals surface area contributed by atoms with E-state index in [4.69, 9.17) is 23.2 Å². The molecule has 0 aromatic carbocycles. The zero-order valence-electron chi connectivity index (χ0n) is 10.5. The molecule has 1 aromatic heterocycles. The molecular weight excluding hydrogens is 305 g/mol. The van der Waals surface area contributed by atoms with Crippen molar-refractivity contribution in [2.45, 2.75) is 25.7 Å². The van der Waals surface area contributed by atoms with Crippen LogP contribution in [0.2, 0.25) is 10.3 Å². The van der Waals surface area contributed by atoms with E-state index in [1.54, 1.807) is 0 Å². The SMILES string of the molecule is O=C(O)[C@H]1CCCC[C@H]1C(=O)Nc1c(Cl)ncnc1Cl. The minimum atomic E-state index is -0.952. The Morgan fingerprint density at radius 2 is 1.70 bits per heavy atom.